The summed E-state index contributed by atoms with van der Waals surface area (Å²) < 4.78 is 0. The van der Waals surface area contributed by atoms with Gasteiger partial charge in [0.25, 0.3) is 0 Å². The van der Waals surface area contributed by atoms with Gasteiger partial charge in [0.2, 0.25) is 0 Å². The van der Waals surface area contributed by atoms with Crippen molar-refractivity contribution in [1.29, 1.82) is 26.3 Å². The molecule has 0 aliphatic rings. The lowest BCUT2D eigenvalue weighted by Gasteiger charge is -2.26. The monoisotopic (exact) mass is 598 g/mol. The van der Waals surface area contributed by atoms with Gasteiger partial charge in [0.15, 0.2) is 0 Å². The van der Waals surface area contributed by atoms with Crippen molar-refractivity contribution in [1.82, 2.24) is 0 Å². The molecule has 0 heterocycles. The molecule has 6 rings (SSSR count). The third-order valence-electron chi connectivity index (χ3n) is 7.91. The zero-order chi connectivity index (χ0) is 32.8. The van der Waals surface area contributed by atoms with Gasteiger partial charge in [-0.3, -0.25) is 0 Å². The molecule has 0 N–H and O–H groups in total. The van der Waals surface area contributed by atoms with Crippen LogP contribution in [-0.4, -0.2) is 0 Å². The number of nitrogens with zero attached hydrogens (tertiary/aromatic N) is 6. The van der Waals surface area contributed by atoms with Crippen molar-refractivity contribution in [3.8, 4) is 63.7 Å². The Morgan fingerprint density at radius 1 is 0.298 bits per heavy atom. The zero-order valence-corrected chi connectivity index (χ0v) is 24.9. The van der Waals surface area contributed by atoms with Crippen molar-refractivity contribution in [3.63, 3.8) is 0 Å². The Morgan fingerprint density at radius 2 is 0.596 bits per heavy atom. The molecule has 0 saturated carbocycles. The van der Waals surface area contributed by atoms with E-state index in [1.54, 1.807) is 36.4 Å². The fraction of sp³-hybridized carbons (Fsp3) is 0. The summed E-state index contributed by atoms with van der Waals surface area (Å²) in [5.74, 6) is 0. The van der Waals surface area contributed by atoms with E-state index < -0.39 is 0 Å². The van der Waals surface area contributed by atoms with E-state index in [1.807, 2.05) is 84.9 Å². The maximum Gasteiger partial charge on any atom is 0.101 e. The fourth-order valence-corrected chi connectivity index (χ4v) is 5.42. The van der Waals surface area contributed by atoms with E-state index in [2.05, 4.69) is 47.4 Å². The molecule has 0 aliphatic carbocycles. The minimum absolute atomic E-state index is 0.335. The second kappa shape index (κ2) is 13.1. The summed E-state index contributed by atoms with van der Waals surface area (Å²) in [6.07, 6.45) is 0. The highest BCUT2D eigenvalue weighted by Gasteiger charge is 2.15. The minimum Gasteiger partial charge on any atom is -0.311 e. The second-order valence-corrected chi connectivity index (χ2v) is 10.6. The third kappa shape index (κ3) is 6.02. The predicted octanol–water partition coefficient (Wildman–Crippen LogP) is 9.52. The van der Waals surface area contributed by atoms with Crippen LogP contribution in [0.3, 0.4) is 0 Å². The topological polar surface area (TPSA) is 122 Å². The molecule has 0 spiro atoms. The summed E-state index contributed by atoms with van der Waals surface area (Å²) in [5.41, 5.74) is 10.3. The summed E-state index contributed by atoms with van der Waals surface area (Å²) in [6.45, 7) is 0. The van der Waals surface area contributed by atoms with Crippen molar-refractivity contribution in [3.05, 3.63) is 161 Å². The average molecular weight is 599 g/mol. The Kier molecular flexibility index (Phi) is 8.23. The van der Waals surface area contributed by atoms with E-state index in [1.165, 1.54) is 0 Å². The van der Waals surface area contributed by atoms with Crippen LogP contribution in [0.4, 0.5) is 17.1 Å². The van der Waals surface area contributed by atoms with Crippen LogP contribution in [0.2, 0.25) is 0 Å². The van der Waals surface area contributed by atoms with Crippen LogP contribution >= 0.6 is 0 Å². The first-order chi connectivity index (χ1) is 23.0. The molecule has 6 aromatic carbocycles. The van der Waals surface area contributed by atoms with E-state index in [0.717, 1.165) is 50.4 Å². The Labute approximate surface area is 272 Å². The second-order valence-electron chi connectivity index (χ2n) is 10.6. The number of rotatable bonds is 6. The minimum atomic E-state index is 0.335. The summed E-state index contributed by atoms with van der Waals surface area (Å²) in [5, 5.41) is 46.8. The molecular weight excluding hydrogens is 576 g/mol. The van der Waals surface area contributed by atoms with E-state index in [-0.39, 0.29) is 0 Å². The Bertz CT molecular complexity index is 2200. The van der Waals surface area contributed by atoms with Crippen LogP contribution in [0.15, 0.2) is 133 Å². The fourth-order valence-electron chi connectivity index (χ4n) is 5.42. The molecule has 0 unspecified atom stereocenters. The number of nitriles is 5. The van der Waals surface area contributed by atoms with Gasteiger partial charge >= 0.3 is 0 Å². The van der Waals surface area contributed by atoms with Crippen molar-refractivity contribution in [2.75, 3.05) is 4.90 Å². The van der Waals surface area contributed by atoms with E-state index in [4.69, 9.17) is 5.26 Å². The lowest BCUT2D eigenvalue weighted by molar-refractivity contribution is 1.28. The van der Waals surface area contributed by atoms with Crippen LogP contribution in [0.1, 0.15) is 27.8 Å². The normalized spacial score (nSPS) is 10.0. The van der Waals surface area contributed by atoms with E-state index in [9.17, 15) is 21.0 Å². The zero-order valence-electron chi connectivity index (χ0n) is 24.9. The first-order valence-corrected chi connectivity index (χ1v) is 14.6. The molecule has 6 heteroatoms. The molecule has 0 saturated heterocycles. The molecule has 0 bridgehead atoms. The standard InChI is InChI=1S/C41H22N6/c42-23-28-1-3-29(4-2-28)30-9-15-39(16-10-30)47(40-17-11-31(12-18-40)33-5-7-35(24-43)37(21-33)26-45)41-19-13-32(14-20-41)34-6-8-36(25-44)38(22-34)27-46/h1-22H. The van der Waals surface area contributed by atoms with E-state index >= 15 is 0 Å². The molecule has 0 atom stereocenters. The highest BCUT2D eigenvalue weighted by atomic mass is 15.1. The summed E-state index contributed by atoms with van der Waals surface area (Å²) in [4.78, 5) is 2.13. The third-order valence-corrected chi connectivity index (χ3v) is 7.91. The van der Waals surface area contributed by atoms with Gasteiger partial charge in [-0.1, -0.05) is 60.7 Å². The maximum atomic E-state index is 9.50. The molecule has 6 nitrogen and oxygen atoms in total. The molecule has 0 aromatic heterocycles. The van der Waals surface area contributed by atoms with Gasteiger partial charge in [0.05, 0.1) is 33.9 Å². The number of anilines is 3. The summed E-state index contributed by atoms with van der Waals surface area (Å²) in [7, 11) is 0. The van der Waals surface area contributed by atoms with Crippen molar-refractivity contribution < 1.29 is 0 Å². The lowest BCUT2D eigenvalue weighted by atomic mass is 9.99. The van der Waals surface area contributed by atoms with Gasteiger partial charge < -0.3 is 4.90 Å². The van der Waals surface area contributed by atoms with Gasteiger partial charge in [0.1, 0.15) is 24.3 Å². The maximum absolute atomic E-state index is 9.50. The Hall–Kier alpha value is -7.43. The molecule has 0 amide bonds. The molecule has 47 heavy (non-hydrogen) atoms. The highest BCUT2D eigenvalue weighted by Crippen LogP contribution is 2.38. The van der Waals surface area contributed by atoms with Gasteiger partial charge in [-0.2, -0.15) is 26.3 Å². The van der Waals surface area contributed by atoms with Gasteiger partial charge in [-0.25, -0.2) is 0 Å². The largest absolute Gasteiger partial charge is 0.311 e. The molecule has 0 aliphatic heterocycles. The van der Waals surface area contributed by atoms with E-state index in [0.29, 0.717) is 27.8 Å². The Balaban J connectivity index is 1.38. The van der Waals surface area contributed by atoms with Gasteiger partial charge in [-0.15, -0.1) is 0 Å². The summed E-state index contributed by atoms with van der Waals surface area (Å²) >= 11 is 0. The molecule has 216 valence electrons. The molecular formula is C41H22N6. The quantitative estimate of drug-likeness (QED) is 0.188. The summed E-state index contributed by atoms with van der Waals surface area (Å²) in [6, 6.07) is 52.7. The van der Waals surface area contributed by atoms with Gasteiger partial charge in [0, 0.05) is 17.1 Å². The predicted molar refractivity (Wildman–Crippen MR) is 181 cm³/mol. The van der Waals surface area contributed by atoms with Crippen LogP contribution < -0.4 is 4.90 Å². The van der Waals surface area contributed by atoms with Crippen LogP contribution in [0, 0.1) is 56.7 Å². The van der Waals surface area contributed by atoms with Crippen LogP contribution in [0.5, 0.6) is 0 Å². The van der Waals surface area contributed by atoms with Crippen LogP contribution in [-0.2, 0) is 0 Å². The highest BCUT2D eigenvalue weighted by molar-refractivity contribution is 5.81. The number of benzene rings is 6. The number of hydrogen-bond acceptors (Lipinski definition) is 6. The number of hydrogen-bond donors (Lipinski definition) is 0. The SMILES string of the molecule is N#Cc1ccc(-c2ccc(N(c3ccc(-c4ccc(C#N)c(C#N)c4)cc3)c3ccc(-c4ccc(C#N)c(C#N)c4)cc3)cc2)cc1. The van der Waals surface area contributed by atoms with Crippen molar-refractivity contribution >= 4 is 17.1 Å². The first-order valence-electron chi connectivity index (χ1n) is 14.6. The smallest absolute Gasteiger partial charge is 0.101 e. The Morgan fingerprint density at radius 3 is 0.915 bits per heavy atom. The molecule has 0 radical (unpaired) electrons. The first kappa shape index (κ1) is 29.6. The average Bonchev–Trinajstić information content (AvgIpc) is 3.15. The van der Waals surface area contributed by atoms with Crippen LogP contribution in [0.25, 0.3) is 33.4 Å². The van der Waals surface area contributed by atoms with Crippen molar-refractivity contribution in [2.24, 2.45) is 0 Å². The lowest BCUT2D eigenvalue weighted by Crippen LogP contribution is -2.09. The molecule has 0 fully saturated rings. The van der Waals surface area contributed by atoms with Crippen molar-refractivity contribution in [2.45, 2.75) is 0 Å². The molecule has 6 aromatic rings. The van der Waals surface area contributed by atoms with Gasteiger partial charge in [-0.05, 0) is 106 Å².